The van der Waals surface area contributed by atoms with E-state index < -0.39 is 10.0 Å². The number of nitrogens with zero attached hydrogens (tertiary/aromatic N) is 1. The van der Waals surface area contributed by atoms with Crippen molar-refractivity contribution in [2.75, 3.05) is 18.4 Å². The predicted octanol–water partition coefficient (Wildman–Crippen LogP) is 3.21. The van der Waals surface area contributed by atoms with Gasteiger partial charge in [-0.25, -0.2) is 8.42 Å². The molecular weight excluding hydrogens is 360 g/mol. The Labute approximate surface area is 160 Å². The van der Waals surface area contributed by atoms with E-state index in [1.807, 2.05) is 6.07 Å². The Morgan fingerprint density at radius 1 is 1.00 bits per heavy atom. The summed E-state index contributed by atoms with van der Waals surface area (Å²) in [5.74, 6) is -0.425. The van der Waals surface area contributed by atoms with E-state index in [4.69, 9.17) is 0 Å². The van der Waals surface area contributed by atoms with Gasteiger partial charge < -0.3 is 5.32 Å². The lowest BCUT2D eigenvalue weighted by molar-refractivity contribution is -0.120. The molecule has 1 aliphatic carbocycles. The average Bonchev–Trinajstić information content (AvgIpc) is 3.16. The monoisotopic (exact) mass is 384 g/mol. The number of aryl methyl sites for hydroxylation is 2. The van der Waals surface area contributed by atoms with E-state index in [-0.39, 0.29) is 23.3 Å². The molecule has 1 unspecified atom stereocenters. The molecule has 0 saturated carbocycles. The molecule has 1 fully saturated rings. The van der Waals surface area contributed by atoms with Crippen LogP contribution in [0.3, 0.4) is 0 Å². The van der Waals surface area contributed by atoms with Crippen LogP contribution in [0, 0.1) is 5.92 Å². The van der Waals surface area contributed by atoms with Gasteiger partial charge in [0.05, 0.1) is 10.8 Å². The van der Waals surface area contributed by atoms with Crippen molar-refractivity contribution in [1.82, 2.24) is 4.31 Å². The van der Waals surface area contributed by atoms with Crippen molar-refractivity contribution in [3.05, 3.63) is 59.7 Å². The van der Waals surface area contributed by atoms with Crippen LogP contribution in [-0.2, 0) is 27.7 Å². The minimum Gasteiger partial charge on any atom is -0.326 e. The second-order valence-corrected chi connectivity index (χ2v) is 9.28. The van der Waals surface area contributed by atoms with Crippen LogP contribution in [0.2, 0.25) is 0 Å². The molecule has 2 aromatic carbocycles. The summed E-state index contributed by atoms with van der Waals surface area (Å²) in [5, 5.41) is 2.99. The summed E-state index contributed by atoms with van der Waals surface area (Å²) >= 11 is 0. The molecule has 0 spiro atoms. The first kappa shape index (κ1) is 18.2. The minimum atomic E-state index is -3.56. The molecular formula is C21H24N2O3S. The Kier molecular flexibility index (Phi) is 5.02. The SMILES string of the molecule is O=C(Nc1ccc2c(c1)CCC2)C1CCCN(S(=O)(=O)c2ccccc2)C1. The van der Waals surface area contributed by atoms with Gasteiger partial charge in [0.15, 0.2) is 0 Å². The van der Waals surface area contributed by atoms with Gasteiger partial charge in [-0.05, 0) is 67.5 Å². The van der Waals surface area contributed by atoms with Crippen LogP contribution < -0.4 is 5.32 Å². The second kappa shape index (κ2) is 7.44. The Bertz CT molecular complexity index is 941. The summed E-state index contributed by atoms with van der Waals surface area (Å²) in [6.45, 7) is 0.688. The Morgan fingerprint density at radius 3 is 2.59 bits per heavy atom. The summed E-state index contributed by atoms with van der Waals surface area (Å²) < 4.78 is 27.1. The van der Waals surface area contributed by atoms with Gasteiger partial charge in [0.1, 0.15) is 0 Å². The van der Waals surface area contributed by atoms with Crippen molar-refractivity contribution in [3.63, 3.8) is 0 Å². The van der Waals surface area contributed by atoms with E-state index in [9.17, 15) is 13.2 Å². The molecule has 5 nitrogen and oxygen atoms in total. The first-order valence-electron chi connectivity index (χ1n) is 9.52. The van der Waals surface area contributed by atoms with E-state index >= 15 is 0 Å². The van der Waals surface area contributed by atoms with Gasteiger partial charge in [0.25, 0.3) is 0 Å². The fourth-order valence-electron chi connectivity index (χ4n) is 4.01. The number of carbonyl (C=O) groups is 1. The smallest absolute Gasteiger partial charge is 0.243 e. The zero-order valence-electron chi connectivity index (χ0n) is 15.2. The first-order valence-corrected chi connectivity index (χ1v) is 11.0. The zero-order chi connectivity index (χ0) is 18.9. The Hall–Kier alpha value is -2.18. The second-order valence-electron chi connectivity index (χ2n) is 7.34. The minimum absolute atomic E-state index is 0.0964. The molecule has 27 heavy (non-hydrogen) atoms. The summed E-state index contributed by atoms with van der Waals surface area (Å²) in [5.41, 5.74) is 3.49. The third-order valence-electron chi connectivity index (χ3n) is 5.50. The number of rotatable bonds is 4. The van der Waals surface area contributed by atoms with Crippen LogP contribution in [0.15, 0.2) is 53.4 Å². The highest BCUT2D eigenvalue weighted by atomic mass is 32.2. The Morgan fingerprint density at radius 2 is 1.78 bits per heavy atom. The highest BCUT2D eigenvalue weighted by molar-refractivity contribution is 7.89. The number of carbonyl (C=O) groups excluding carboxylic acids is 1. The molecule has 1 saturated heterocycles. The van der Waals surface area contributed by atoms with Crippen LogP contribution >= 0.6 is 0 Å². The maximum Gasteiger partial charge on any atom is 0.243 e. The molecule has 2 aliphatic rings. The summed E-state index contributed by atoms with van der Waals surface area (Å²) in [7, 11) is -3.56. The van der Waals surface area contributed by atoms with Gasteiger partial charge in [0.2, 0.25) is 15.9 Å². The molecule has 1 atom stereocenters. The molecule has 0 aromatic heterocycles. The molecule has 2 aromatic rings. The van der Waals surface area contributed by atoms with Crippen LogP contribution in [-0.4, -0.2) is 31.7 Å². The molecule has 0 radical (unpaired) electrons. The fraction of sp³-hybridized carbons (Fsp3) is 0.381. The molecule has 1 N–H and O–H groups in total. The number of hydrogen-bond donors (Lipinski definition) is 1. The zero-order valence-corrected chi connectivity index (χ0v) is 16.0. The normalized spacial score (nSPS) is 20.2. The fourth-order valence-corrected chi connectivity index (χ4v) is 5.56. The lowest BCUT2D eigenvalue weighted by Crippen LogP contribution is -2.43. The maximum absolute atomic E-state index is 12.8. The number of nitrogens with one attached hydrogen (secondary N) is 1. The Balaban J connectivity index is 1.46. The van der Waals surface area contributed by atoms with Crippen molar-refractivity contribution in [3.8, 4) is 0 Å². The highest BCUT2D eigenvalue weighted by Crippen LogP contribution is 2.27. The van der Waals surface area contributed by atoms with Crippen LogP contribution in [0.25, 0.3) is 0 Å². The number of amides is 1. The van der Waals surface area contributed by atoms with Crippen LogP contribution in [0.5, 0.6) is 0 Å². The predicted molar refractivity (Wildman–Crippen MR) is 105 cm³/mol. The van der Waals surface area contributed by atoms with E-state index in [0.29, 0.717) is 19.4 Å². The van der Waals surface area contributed by atoms with Gasteiger partial charge >= 0.3 is 0 Å². The van der Waals surface area contributed by atoms with Crippen molar-refractivity contribution in [2.45, 2.75) is 37.0 Å². The topological polar surface area (TPSA) is 66.5 Å². The number of sulfonamides is 1. The molecule has 1 heterocycles. The largest absolute Gasteiger partial charge is 0.326 e. The number of hydrogen-bond acceptors (Lipinski definition) is 3. The maximum atomic E-state index is 12.8. The van der Waals surface area contributed by atoms with E-state index in [2.05, 4.69) is 17.4 Å². The average molecular weight is 385 g/mol. The summed E-state index contributed by atoms with van der Waals surface area (Å²) in [6.07, 6.45) is 4.73. The van der Waals surface area contributed by atoms with Gasteiger partial charge in [-0.1, -0.05) is 24.3 Å². The molecule has 142 valence electrons. The van der Waals surface area contributed by atoms with Gasteiger partial charge in [-0.15, -0.1) is 0 Å². The molecule has 1 amide bonds. The third-order valence-corrected chi connectivity index (χ3v) is 7.38. The van der Waals surface area contributed by atoms with Crippen molar-refractivity contribution < 1.29 is 13.2 Å². The quantitative estimate of drug-likeness (QED) is 0.880. The summed E-state index contributed by atoms with van der Waals surface area (Å²) in [4.78, 5) is 13.0. The molecule has 0 bridgehead atoms. The molecule has 1 aliphatic heterocycles. The molecule has 4 rings (SSSR count). The van der Waals surface area contributed by atoms with Gasteiger partial charge in [-0.2, -0.15) is 4.31 Å². The molecule has 6 heteroatoms. The lowest BCUT2D eigenvalue weighted by Gasteiger charge is -2.31. The third kappa shape index (κ3) is 3.77. The number of anilines is 1. The van der Waals surface area contributed by atoms with E-state index in [1.54, 1.807) is 30.3 Å². The van der Waals surface area contributed by atoms with Gasteiger partial charge in [0, 0.05) is 18.8 Å². The first-order chi connectivity index (χ1) is 13.0. The van der Waals surface area contributed by atoms with Crippen LogP contribution in [0.4, 0.5) is 5.69 Å². The van der Waals surface area contributed by atoms with Crippen molar-refractivity contribution in [2.24, 2.45) is 5.92 Å². The van der Waals surface area contributed by atoms with Crippen molar-refractivity contribution in [1.29, 1.82) is 0 Å². The number of piperidine rings is 1. The van der Waals surface area contributed by atoms with Crippen molar-refractivity contribution >= 4 is 21.6 Å². The number of fused-ring (bicyclic) bond motifs is 1. The summed E-state index contributed by atoms with van der Waals surface area (Å²) in [6, 6.07) is 14.5. The van der Waals surface area contributed by atoms with Gasteiger partial charge in [-0.3, -0.25) is 4.79 Å². The van der Waals surface area contributed by atoms with E-state index in [1.165, 1.54) is 21.9 Å². The highest BCUT2D eigenvalue weighted by Gasteiger charge is 2.33. The standard InChI is InChI=1S/C21H24N2O3S/c24-21(22-19-12-11-16-6-4-7-17(16)14-19)18-8-5-13-23(15-18)27(25,26)20-9-2-1-3-10-20/h1-3,9-12,14,18H,4-8,13,15H2,(H,22,24). The van der Waals surface area contributed by atoms with E-state index in [0.717, 1.165) is 18.5 Å². The number of benzene rings is 2. The lowest BCUT2D eigenvalue weighted by atomic mass is 9.98. The van der Waals surface area contributed by atoms with Crippen LogP contribution in [0.1, 0.15) is 30.4 Å².